The maximum atomic E-state index is 10.6. The van der Waals surface area contributed by atoms with Crippen LogP contribution < -0.4 is 11.1 Å². The van der Waals surface area contributed by atoms with E-state index in [1.165, 1.54) is 25.7 Å². The number of primary amides is 1. The van der Waals surface area contributed by atoms with E-state index < -0.39 is 0 Å². The second kappa shape index (κ2) is 4.78. The molecule has 0 spiro atoms. The van der Waals surface area contributed by atoms with Gasteiger partial charge in [0, 0.05) is 19.0 Å². The molecule has 1 amide bonds. The van der Waals surface area contributed by atoms with E-state index in [1.807, 2.05) is 0 Å². The molecule has 1 saturated carbocycles. The summed E-state index contributed by atoms with van der Waals surface area (Å²) in [5, 5.41) is 3.44. The minimum Gasteiger partial charge on any atom is -0.370 e. The SMILES string of the molecule is CC1(C)CCCCC1NCCC(N)=O. The third kappa shape index (κ3) is 3.29. The minimum absolute atomic E-state index is 0.217. The third-order valence-corrected chi connectivity index (χ3v) is 3.27. The van der Waals surface area contributed by atoms with Crippen molar-refractivity contribution < 1.29 is 4.79 Å². The van der Waals surface area contributed by atoms with Crippen LogP contribution in [-0.2, 0) is 4.79 Å². The summed E-state index contributed by atoms with van der Waals surface area (Å²) in [7, 11) is 0. The third-order valence-electron chi connectivity index (χ3n) is 3.27. The summed E-state index contributed by atoms with van der Waals surface area (Å²) in [5.41, 5.74) is 5.47. The summed E-state index contributed by atoms with van der Waals surface area (Å²) < 4.78 is 0. The monoisotopic (exact) mass is 198 g/mol. The lowest BCUT2D eigenvalue weighted by atomic mass is 9.73. The van der Waals surface area contributed by atoms with E-state index in [4.69, 9.17) is 5.73 Å². The molecular weight excluding hydrogens is 176 g/mol. The van der Waals surface area contributed by atoms with Crippen LogP contribution in [0.25, 0.3) is 0 Å². The van der Waals surface area contributed by atoms with Crippen molar-refractivity contribution in [3.63, 3.8) is 0 Å². The minimum atomic E-state index is -0.217. The average molecular weight is 198 g/mol. The van der Waals surface area contributed by atoms with Crippen molar-refractivity contribution in [1.29, 1.82) is 0 Å². The van der Waals surface area contributed by atoms with Gasteiger partial charge in [-0.25, -0.2) is 0 Å². The van der Waals surface area contributed by atoms with Crippen LogP contribution in [0.4, 0.5) is 0 Å². The Kier molecular flexibility index (Phi) is 3.93. The summed E-state index contributed by atoms with van der Waals surface area (Å²) in [4.78, 5) is 10.6. The van der Waals surface area contributed by atoms with Crippen molar-refractivity contribution in [3.8, 4) is 0 Å². The molecule has 0 heterocycles. The molecule has 3 heteroatoms. The summed E-state index contributed by atoms with van der Waals surface area (Å²) in [6, 6.07) is 0.551. The van der Waals surface area contributed by atoms with Gasteiger partial charge in [-0.1, -0.05) is 26.7 Å². The fourth-order valence-electron chi connectivity index (χ4n) is 2.24. The molecule has 3 N–H and O–H groups in total. The Labute approximate surface area is 86.4 Å². The van der Waals surface area contributed by atoms with E-state index >= 15 is 0 Å². The van der Waals surface area contributed by atoms with Gasteiger partial charge in [0.05, 0.1) is 0 Å². The first kappa shape index (κ1) is 11.5. The largest absolute Gasteiger partial charge is 0.370 e. The number of nitrogens with one attached hydrogen (secondary N) is 1. The fraction of sp³-hybridized carbons (Fsp3) is 0.909. The highest BCUT2D eigenvalue weighted by atomic mass is 16.1. The molecule has 1 atom stereocenters. The highest BCUT2D eigenvalue weighted by Crippen LogP contribution is 2.35. The molecule has 1 aliphatic carbocycles. The van der Waals surface area contributed by atoms with Crippen molar-refractivity contribution in [2.75, 3.05) is 6.54 Å². The summed E-state index contributed by atoms with van der Waals surface area (Å²) in [5.74, 6) is -0.217. The van der Waals surface area contributed by atoms with Gasteiger partial charge in [0.15, 0.2) is 0 Å². The molecule has 82 valence electrons. The number of hydrogen-bond donors (Lipinski definition) is 2. The van der Waals surface area contributed by atoms with Gasteiger partial charge in [-0.05, 0) is 18.3 Å². The molecule has 1 unspecified atom stereocenters. The fourth-order valence-corrected chi connectivity index (χ4v) is 2.24. The molecule has 0 aromatic rings. The molecule has 0 bridgehead atoms. The molecule has 0 aromatic heterocycles. The molecule has 3 nitrogen and oxygen atoms in total. The van der Waals surface area contributed by atoms with Gasteiger partial charge in [0.1, 0.15) is 0 Å². The van der Waals surface area contributed by atoms with E-state index in [1.54, 1.807) is 0 Å². The quantitative estimate of drug-likeness (QED) is 0.718. The Hall–Kier alpha value is -0.570. The molecule has 14 heavy (non-hydrogen) atoms. The molecule has 1 rings (SSSR count). The zero-order valence-corrected chi connectivity index (χ0v) is 9.31. The lowest BCUT2D eigenvalue weighted by molar-refractivity contribution is -0.118. The van der Waals surface area contributed by atoms with Crippen LogP contribution in [0.1, 0.15) is 46.0 Å². The average Bonchev–Trinajstić information content (AvgIpc) is 2.07. The van der Waals surface area contributed by atoms with Crippen LogP contribution in [0.2, 0.25) is 0 Å². The topological polar surface area (TPSA) is 55.1 Å². The second-order valence-electron chi connectivity index (χ2n) is 4.96. The van der Waals surface area contributed by atoms with Crippen molar-refractivity contribution in [3.05, 3.63) is 0 Å². The number of amides is 1. The van der Waals surface area contributed by atoms with E-state index in [0.717, 1.165) is 6.54 Å². The molecule has 0 aromatic carbocycles. The molecule has 0 aliphatic heterocycles. The number of rotatable bonds is 4. The Morgan fingerprint density at radius 2 is 2.21 bits per heavy atom. The second-order valence-corrected chi connectivity index (χ2v) is 4.96. The van der Waals surface area contributed by atoms with Crippen molar-refractivity contribution in [1.82, 2.24) is 5.32 Å². The molecule has 1 fully saturated rings. The highest BCUT2D eigenvalue weighted by molar-refractivity contribution is 5.73. The summed E-state index contributed by atoms with van der Waals surface area (Å²) >= 11 is 0. The van der Waals surface area contributed by atoms with Crippen LogP contribution in [0, 0.1) is 5.41 Å². The van der Waals surface area contributed by atoms with Crippen molar-refractivity contribution in [2.24, 2.45) is 11.1 Å². The van der Waals surface area contributed by atoms with E-state index in [2.05, 4.69) is 19.2 Å². The number of hydrogen-bond acceptors (Lipinski definition) is 2. The number of nitrogens with two attached hydrogens (primary N) is 1. The Morgan fingerprint density at radius 1 is 1.50 bits per heavy atom. The predicted molar refractivity (Wildman–Crippen MR) is 57.9 cm³/mol. The van der Waals surface area contributed by atoms with Crippen LogP contribution >= 0.6 is 0 Å². The normalized spacial score (nSPS) is 26.0. The van der Waals surface area contributed by atoms with Gasteiger partial charge in [-0.2, -0.15) is 0 Å². The first-order valence-corrected chi connectivity index (χ1v) is 5.54. The van der Waals surface area contributed by atoms with E-state index in [0.29, 0.717) is 17.9 Å². The lowest BCUT2D eigenvalue weighted by Gasteiger charge is -2.39. The maximum Gasteiger partial charge on any atom is 0.218 e. The van der Waals surface area contributed by atoms with Gasteiger partial charge in [-0.15, -0.1) is 0 Å². The number of carbonyl (C=O) groups excluding carboxylic acids is 1. The van der Waals surface area contributed by atoms with Gasteiger partial charge in [0.2, 0.25) is 5.91 Å². The Bertz CT molecular complexity index is 201. The standard InChI is InChI=1S/C11H22N2O/c1-11(2)7-4-3-5-9(11)13-8-6-10(12)14/h9,13H,3-8H2,1-2H3,(H2,12,14). The summed E-state index contributed by atoms with van der Waals surface area (Å²) in [6.45, 7) is 5.33. The zero-order valence-electron chi connectivity index (χ0n) is 9.31. The van der Waals surface area contributed by atoms with Crippen LogP contribution in [0.3, 0.4) is 0 Å². The predicted octanol–water partition coefficient (Wildman–Crippen LogP) is 1.42. The number of carbonyl (C=O) groups is 1. The van der Waals surface area contributed by atoms with Crippen LogP contribution in [0.5, 0.6) is 0 Å². The zero-order chi connectivity index (χ0) is 10.6. The first-order valence-electron chi connectivity index (χ1n) is 5.54. The van der Waals surface area contributed by atoms with Gasteiger partial charge < -0.3 is 11.1 Å². The van der Waals surface area contributed by atoms with Gasteiger partial charge in [-0.3, -0.25) is 4.79 Å². The molecule has 0 saturated heterocycles. The first-order chi connectivity index (χ1) is 6.52. The summed E-state index contributed by atoms with van der Waals surface area (Å²) in [6.07, 6.45) is 5.60. The van der Waals surface area contributed by atoms with Crippen molar-refractivity contribution in [2.45, 2.75) is 52.0 Å². The van der Waals surface area contributed by atoms with E-state index in [9.17, 15) is 4.79 Å². The molecular formula is C11H22N2O. The lowest BCUT2D eigenvalue weighted by Crippen LogP contribution is -2.45. The Balaban J connectivity index is 2.31. The van der Waals surface area contributed by atoms with Gasteiger partial charge in [0.25, 0.3) is 0 Å². The van der Waals surface area contributed by atoms with E-state index in [-0.39, 0.29) is 5.91 Å². The van der Waals surface area contributed by atoms with Crippen LogP contribution in [0.15, 0.2) is 0 Å². The molecule has 1 aliphatic rings. The van der Waals surface area contributed by atoms with Gasteiger partial charge >= 0.3 is 0 Å². The molecule has 0 radical (unpaired) electrons. The van der Waals surface area contributed by atoms with Crippen LogP contribution in [-0.4, -0.2) is 18.5 Å². The Morgan fingerprint density at radius 3 is 2.79 bits per heavy atom. The smallest absolute Gasteiger partial charge is 0.218 e. The highest BCUT2D eigenvalue weighted by Gasteiger charge is 2.31. The maximum absolute atomic E-state index is 10.6. The van der Waals surface area contributed by atoms with Crippen molar-refractivity contribution >= 4 is 5.91 Å².